The van der Waals surface area contributed by atoms with Crippen molar-refractivity contribution in [3.05, 3.63) is 29.8 Å². The maximum absolute atomic E-state index is 12.4. The molecule has 1 aromatic carbocycles. The van der Waals surface area contributed by atoms with E-state index < -0.39 is 0 Å². The van der Waals surface area contributed by atoms with Gasteiger partial charge in [0.25, 0.3) is 0 Å². The zero-order valence-electron chi connectivity index (χ0n) is 12.3. The number of methoxy groups -OCH3 is 1. The van der Waals surface area contributed by atoms with E-state index in [0.717, 1.165) is 30.6 Å². The van der Waals surface area contributed by atoms with Crippen molar-refractivity contribution >= 4 is 5.91 Å². The molecule has 1 fully saturated rings. The molecule has 0 spiro atoms. The number of ether oxygens (including phenoxy) is 1. The van der Waals surface area contributed by atoms with Crippen LogP contribution in [0, 0.1) is 11.8 Å². The van der Waals surface area contributed by atoms with Gasteiger partial charge in [-0.15, -0.1) is 0 Å². The smallest absolute Gasteiger partial charge is 0.223 e. The summed E-state index contributed by atoms with van der Waals surface area (Å²) in [7, 11) is 1.65. The van der Waals surface area contributed by atoms with E-state index in [1.807, 2.05) is 31.2 Å². The molecule has 3 N–H and O–H groups in total. The number of hydrogen-bond acceptors (Lipinski definition) is 3. The largest absolute Gasteiger partial charge is 0.497 e. The molecule has 1 amide bonds. The molecule has 1 aromatic rings. The lowest BCUT2D eigenvalue weighted by atomic mass is 9.94. The second-order valence-electron chi connectivity index (χ2n) is 5.54. The molecule has 0 radical (unpaired) electrons. The standard InChI is InChI=1S/C16H24N2O2/c1-11(12-5-3-7-14(9-12)20-2)18-16(19)15-8-4-6-13(15)10-17/h3,5,7,9,11,13,15H,4,6,8,10,17H2,1-2H3,(H,18,19)/t11-,13?,15?/m0/s1. The SMILES string of the molecule is COc1cccc([C@H](C)NC(=O)C2CCCC2CN)c1. The van der Waals surface area contributed by atoms with Crippen LogP contribution in [0.15, 0.2) is 24.3 Å². The summed E-state index contributed by atoms with van der Waals surface area (Å²) < 4.78 is 5.22. The first-order valence-electron chi connectivity index (χ1n) is 7.30. The highest BCUT2D eigenvalue weighted by Crippen LogP contribution is 2.31. The van der Waals surface area contributed by atoms with Crippen molar-refractivity contribution < 1.29 is 9.53 Å². The second-order valence-corrected chi connectivity index (χ2v) is 5.54. The molecule has 110 valence electrons. The third-order valence-corrected chi connectivity index (χ3v) is 4.25. The summed E-state index contributed by atoms with van der Waals surface area (Å²) in [5.41, 5.74) is 6.80. The Kier molecular flexibility index (Phi) is 5.01. The van der Waals surface area contributed by atoms with E-state index >= 15 is 0 Å². The number of nitrogens with two attached hydrogens (primary N) is 1. The first-order chi connectivity index (χ1) is 9.65. The van der Waals surface area contributed by atoms with Crippen molar-refractivity contribution in [1.29, 1.82) is 0 Å². The van der Waals surface area contributed by atoms with Crippen LogP contribution in [0.2, 0.25) is 0 Å². The van der Waals surface area contributed by atoms with Crippen molar-refractivity contribution in [3.63, 3.8) is 0 Å². The number of amides is 1. The summed E-state index contributed by atoms with van der Waals surface area (Å²) in [4.78, 5) is 12.4. The van der Waals surface area contributed by atoms with Gasteiger partial charge in [0.2, 0.25) is 5.91 Å². The number of benzene rings is 1. The lowest BCUT2D eigenvalue weighted by Crippen LogP contribution is -2.36. The molecule has 3 atom stereocenters. The molecule has 0 heterocycles. The molecule has 4 nitrogen and oxygen atoms in total. The van der Waals surface area contributed by atoms with Crippen LogP contribution in [0.5, 0.6) is 5.75 Å². The summed E-state index contributed by atoms with van der Waals surface area (Å²) in [6, 6.07) is 7.79. The highest BCUT2D eigenvalue weighted by atomic mass is 16.5. The van der Waals surface area contributed by atoms with Gasteiger partial charge in [-0.1, -0.05) is 18.6 Å². The van der Waals surface area contributed by atoms with Crippen molar-refractivity contribution in [2.75, 3.05) is 13.7 Å². The number of rotatable bonds is 5. The predicted molar refractivity (Wildman–Crippen MR) is 79.4 cm³/mol. The van der Waals surface area contributed by atoms with Gasteiger partial charge in [0.1, 0.15) is 5.75 Å². The predicted octanol–water partition coefficient (Wildman–Crippen LogP) is 2.25. The molecule has 0 aromatic heterocycles. The van der Waals surface area contributed by atoms with Crippen LogP contribution in [0.4, 0.5) is 0 Å². The lowest BCUT2D eigenvalue weighted by molar-refractivity contribution is -0.126. The Bertz CT molecular complexity index is 462. The zero-order valence-corrected chi connectivity index (χ0v) is 12.3. The third-order valence-electron chi connectivity index (χ3n) is 4.25. The third kappa shape index (κ3) is 3.31. The van der Waals surface area contributed by atoms with E-state index in [4.69, 9.17) is 10.5 Å². The summed E-state index contributed by atoms with van der Waals surface area (Å²) in [6.45, 7) is 2.60. The maximum Gasteiger partial charge on any atom is 0.223 e. The van der Waals surface area contributed by atoms with Crippen LogP contribution in [0.25, 0.3) is 0 Å². The summed E-state index contributed by atoms with van der Waals surface area (Å²) >= 11 is 0. The fraction of sp³-hybridized carbons (Fsp3) is 0.562. The molecule has 2 rings (SSSR count). The van der Waals surface area contributed by atoms with E-state index in [-0.39, 0.29) is 17.9 Å². The fourth-order valence-electron chi connectivity index (χ4n) is 2.98. The Morgan fingerprint density at radius 1 is 1.50 bits per heavy atom. The second kappa shape index (κ2) is 6.75. The Balaban J connectivity index is 1.99. The minimum absolute atomic E-state index is 0.0170. The van der Waals surface area contributed by atoms with E-state index in [1.54, 1.807) is 7.11 Å². The van der Waals surface area contributed by atoms with Gasteiger partial charge in [-0.25, -0.2) is 0 Å². The van der Waals surface area contributed by atoms with Gasteiger partial charge in [-0.2, -0.15) is 0 Å². The quantitative estimate of drug-likeness (QED) is 0.867. The Morgan fingerprint density at radius 2 is 2.30 bits per heavy atom. The lowest BCUT2D eigenvalue weighted by Gasteiger charge is -2.21. The minimum Gasteiger partial charge on any atom is -0.497 e. The molecule has 1 aliphatic carbocycles. The van der Waals surface area contributed by atoms with Gasteiger partial charge < -0.3 is 15.8 Å². The van der Waals surface area contributed by atoms with Crippen LogP contribution in [-0.2, 0) is 4.79 Å². The van der Waals surface area contributed by atoms with Gasteiger partial charge in [0, 0.05) is 5.92 Å². The number of nitrogens with one attached hydrogen (secondary N) is 1. The van der Waals surface area contributed by atoms with Gasteiger partial charge >= 0.3 is 0 Å². The molecular formula is C16H24N2O2. The Labute approximate surface area is 120 Å². The monoisotopic (exact) mass is 276 g/mol. The van der Waals surface area contributed by atoms with Crippen molar-refractivity contribution in [2.24, 2.45) is 17.6 Å². The molecule has 1 aliphatic rings. The summed E-state index contributed by atoms with van der Waals surface area (Å²) in [5, 5.41) is 3.10. The number of hydrogen-bond donors (Lipinski definition) is 2. The molecule has 2 unspecified atom stereocenters. The Morgan fingerprint density at radius 3 is 3.00 bits per heavy atom. The first-order valence-corrected chi connectivity index (χ1v) is 7.30. The number of carbonyl (C=O) groups excluding carboxylic acids is 1. The van der Waals surface area contributed by atoms with E-state index in [9.17, 15) is 4.79 Å². The summed E-state index contributed by atoms with van der Waals surface area (Å²) in [6.07, 6.45) is 3.13. The van der Waals surface area contributed by atoms with Gasteiger partial charge in [0.15, 0.2) is 0 Å². The van der Waals surface area contributed by atoms with Crippen LogP contribution >= 0.6 is 0 Å². The molecule has 1 saturated carbocycles. The highest BCUT2D eigenvalue weighted by molar-refractivity contribution is 5.79. The van der Waals surface area contributed by atoms with Crippen molar-refractivity contribution in [1.82, 2.24) is 5.32 Å². The average molecular weight is 276 g/mol. The van der Waals surface area contributed by atoms with Crippen LogP contribution in [-0.4, -0.2) is 19.6 Å². The highest BCUT2D eigenvalue weighted by Gasteiger charge is 2.32. The number of carbonyl (C=O) groups is 1. The molecule has 0 saturated heterocycles. The molecule has 0 aliphatic heterocycles. The van der Waals surface area contributed by atoms with E-state index in [1.165, 1.54) is 0 Å². The normalized spacial score (nSPS) is 23.4. The van der Waals surface area contributed by atoms with Crippen molar-refractivity contribution in [3.8, 4) is 5.75 Å². The molecule has 20 heavy (non-hydrogen) atoms. The van der Waals surface area contributed by atoms with E-state index in [2.05, 4.69) is 5.32 Å². The van der Waals surface area contributed by atoms with Crippen molar-refractivity contribution in [2.45, 2.75) is 32.2 Å². The van der Waals surface area contributed by atoms with Crippen LogP contribution in [0.3, 0.4) is 0 Å². The first kappa shape index (κ1) is 14.9. The van der Waals surface area contributed by atoms with Gasteiger partial charge in [-0.3, -0.25) is 4.79 Å². The molecule has 4 heteroatoms. The fourth-order valence-corrected chi connectivity index (χ4v) is 2.98. The van der Waals surface area contributed by atoms with Crippen LogP contribution in [0.1, 0.15) is 37.8 Å². The topological polar surface area (TPSA) is 64.3 Å². The molecular weight excluding hydrogens is 252 g/mol. The molecule has 0 bridgehead atoms. The Hall–Kier alpha value is -1.55. The van der Waals surface area contributed by atoms with Crippen LogP contribution < -0.4 is 15.8 Å². The van der Waals surface area contributed by atoms with Gasteiger partial charge in [-0.05, 0) is 49.9 Å². The maximum atomic E-state index is 12.4. The summed E-state index contributed by atoms with van der Waals surface area (Å²) in [5.74, 6) is 1.36. The van der Waals surface area contributed by atoms with Gasteiger partial charge in [0.05, 0.1) is 13.2 Å². The zero-order chi connectivity index (χ0) is 14.5. The average Bonchev–Trinajstić information content (AvgIpc) is 2.95. The minimum atomic E-state index is -0.0170. The van der Waals surface area contributed by atoms with E-state index in [0.29, 0.717) is 12.5 Å².